The van der Waals surface area contributed by atoms with Gasteiger partial charge in [-0.1, -0.05) is 109 Å². The van der Waals surface area contributed by atoms with Crippen molar-refractivity contribution in [3.8, 4) is 17.0 Å². The molecule has 0 saturated carbocycles. The highest BCUT2D eigenvalue weighted by atomic mass is 16.7. The van der Waals surface area contributed by atoms with Gasteiger partial charge in [0, 0.05) is 6.07 Å². The lowest BCUT2D eigenvalue weighted by atomic mass is 9.87. The summed E-state index contributed by atoms with van der Waals surface area (Å²) in [7, 11) is 0. The Hall–Kier alpha value is -3.80. The molecule has 0 spiro atoms. The van der Waals surface area contributed by atoms with Crippen LogP contribution in [0, 0.1) is 5.21 Å². The van der Waals surface area contributed by atoms with Gasteiger partial charge in [0.2, 0.25) is 5.52 Å². The smallest absolute Gasteiger partial charge is 0.357 e. The zero-order chi connectivity index (χ0) is 29.2. The van der Waals surface area contributed by atoms with Crippen molar-refractivity contribution in [2.24, 2.45) is 0 Å². The number of hydrogen-bond acceptors (Lipinski definition) is 4. The number of aromatic nitrogens is 2. The fourth-order valence-corrected chi connectivity index (χ4v) is 4.96. The van der Waals surface area contributed by atoms with Crippen molar-refractivity contribution in [2.45, 2.75) is 91.1 Å². The summed E-state index contributed by atoms with van der Waals surface area (Å²) in [6.07, 6.45) is 9.98. The highest BCUT2D eigenvalue weighted by Gasteiger charge is 2.23. The van der Waals surface area contributed by atoms with Gasteiger partial charge >= 0.3 is 5.56 Å². The number of para-hydroxylation sites is 2. The molecule has 0 unspecified atom stereocenters. The molecule has 4 rings (SSSR count). The van der Waals surface area contributed by atoms with Crippen LogP contribution in [0.1, 0.15) is 90.2 Å². The second-order valence-electron chi connectivity index (χ2n) is 11.8. The van der Waals surface area contributed by atoms with Crippen LogP contribution in [0.25, 0.3) is 22.3 Å². The standard InChI is InChI=1S/C35H44N2O4/c1-5-6-7-8-9-10-11-14-25-40-30-23-19-28(20-24-30)33-34(38)37(32-16-13-12-15-31(32)36(33)39)41-26-27-17-21-29(22-18-27)35(2,3)4/h12-13,15-24H,5-11,14,25-26H2,1-4H3. The van der Waals surface area contributed by atoms with Crippen molar-refractivity contribution in [2.75, 3.05) is 6.61 Å². The number of nitrogens with zero attached hydrogens (tertiary/aromatic N) is 2. The van der Waals surface area contributed by atoms with E-state index in [-0.39, 0.29) is 17.7 Å². The molecule has 0 amide bonds. The van der Waals surface area contributed by atoms with Crippen molar-refractivity contribution < 1.29 is 14.3 Å². The van der Waals surface area contributed by atoms with Crippen molar-refractivity contribution in [1.29, 1.82) is 0 Å². The Morgan fingerprint density at radius 3 is 2.10 bits per heavy atom. The van der Waals surface area contributed by atoms with E-state index in [1.165, 1.54) is 48.8 Å². The van der Waals surface area contributed by atoms with Gasteiger partial charge in [-0.25, -0.2) is 0 Å². The molecule has 0 aliphatic rings. The molecule has 0 aliphatic carbocycles. The Bertz CT molecular complexity index is 1450. The van der Waals surface area contributed by atoms with Crippen LogP contribution in [-0.4, -0.2) is 11.3 Å². The summed E-state index contributed by atoms with van der Waals surface area (Å²) in [5.41, 5.74) is 3.03. The van der Waals surface area contributed by atoms with Gasteiger partial charge in [-0.3, -0.25) is 4.79 Å². The first-order chi connectivity index (χ1) is 19.8. The summed E-state index contributed by atoms with van der Waals surface area (Å²) in [5, 5.41) is 13.4. The molecule has 1 heterocycles. The van der Waals surface area contributed by atoms with E-state index in [4.69, 9.17) is 9.57 Å². The van der Waals surface area contributed by atoms with Crippen LogP contribution >= 0.6 is 0 Å². The van der Waals surface area contributed by atoms with Crippen molar-refractivity contribution >= 4 is 11.0 Å². The summed E-state index contributed by atoms with van der Waals surface area (Å²) in [6, 6.07) is 22.3. The molecule has 0 atom stereocenters. The predicted molar refractivity (Wildman–Crippen MR) is 166 cm³/mol. The molecule has 4 aromatic rings. The maximum absolute atomic E-state index is 13.6. The van der Waals surface area contributed by atoms with Crippen LogP contribution in [-0.2, 0) is 12.0 Å². The van der Waals surface area contributed by atoms with Crippen LogP contribution in [0.4, 0.5) is 0 Å². The van der Waals surface area contributed by atoms with Gasteiger partial charge in [-0.15, -0.1) is 4.73 Å². The van der Waals surface area contributed by atoms with Crippen LogP contribution in [0.15, 0.2) is 77.6 Å². The lowest BCUT2D eigenvalue weighted by molar-refractivity contribution is -0.566. The van der Waals surface area contributed by atoms with Gasteiger partial charge in [0.05, 0.1) is 12.2 Å². The number of unbranched alkanes of at least 4 members (excludes halogenated alkanes) is 7. The number of ether oxygens (including phenoxy) is 1. The Morgan fingerprint density at radius 2 is 1.44 bits per heavy atom. The van der Waals surface area contributed by atoms with Gasteiger partial charge in [0.25, 0.3) is 5.69 Å². The molecule has 0 bridgehead atoms. The molecule has 41 heavy (non-hydrogen) atoms. The minimum absolute atomic E-state index is 0.0152. The van der Waals surface area contributed by atoms with E-state index >= 15 is 0 Å². The first-order valence-electron chi connectivity index (χ1n) is 15.0. The predicted octanol–water partition coefficient (Wildman–Crippen LogP) is 7.75. The third-order valence-corrected chi connectivity index (χ3v) is 7.48. The number of fused-ring (bicyclic) bond motifs is 1. The molecule has 0 radical (unpaired) electrons. The quantitative estimate of drug-likeness (QED) is 0.0905. The molecule has 0 aliphatic heterocycles. The summed E-state index contributed by atoms with van der Waals surface area (Å²) in [6.45, 7) is 9.60. The summed E-state index contributed by atoms with van der Waals surface area (Å²) in [5.74, 6) is 0.727. The second kappa shape index (κ2) is 14.2. The Morgan fingerprint density at radius 1 is 0.805 bits per heavy atom. The minimum atomic E-state index is -0.502. The molecule has 218 valence electrons. The molecular weight excluding hydrogens is 512 g/mol. The van der Waals surface area contributed by atoms with E-state index in [1.807, 2.05) is 24.3 Å². The van der Waals surface area contributed by atoms with Crippen molar-refractivity contribution in [1.82, 2.24) is 4.73 Å². The number of benzene rings is 3. The minimum Gasteiger partial charge on any atom is -0.618 e. The molecule has 0 fully saturated rings. The maximum atomic E-state index is 13.6. The molecule has 0 saturated heterocycles. The van der Waals surface area contributed by atoms with Gasteiger partial charge in [-0.05, 0) is 53.3 Å². The first kappa shape index (κ1) is 30.2. The van der Waals surface area contributed by atoms with Gasteiger partial charge < -0.3 is 14.8 Å². The molecule has 1 aromatic heterocycles. The SMILES string of the molecule is CCCCCCCCCCOc1ccc(-c2c(=O)n(OCc3ccc(C(C)(C)C)cc3)c3ccccc3[n+]2[O-])cc1. The zero-order valence-electron chi connectivity index (χ0n) is 25.0. The van der Waals surface area contributed by atoms with Crippen molar-refractivity contribution in [3.05, 3.63) is 99.5 Å². The highest BCUT2D eigenvalue weighted by Crippen LogP contribution is 2.23. The second-order valence-corrected chi connectivity index (χ2v) is 11.8. The Balaban J connectivity index is 1.46. The van der Waals surface area contributed by atoms with Gasteiger partial charge in [0.15, 0.2) is 5.52 Å². The summed E-state index contributed by atoms with van der Waals surface area (Å²) < 4.78 is 7.86. The largest absolute Gasteiger partial charge is 0.618 e. The van der Waals surface area contributed by atoms with Gasteiger partial charge in [-0.2, -0.15) is 4.73 Å². The van der Waals surface area contributed by atoms with Gasteiger partial charge in [0.1, 0.15) is 12.4 Å². The average Bonchev–Trinajstić information content (AvgIpc) is 2.97. The lowest BCUT2D eigenvalue weighted by Gasteiger charge is -2.19. The normalized spacial score (nSPS) is 11.6. The highest BCUT2D eigenvalue weighted by molar-refractivity contribution is 5.73. The van der Waals surface area contributed by atoms with Crippen LogP contribution < -0.4 is 19.9 Å². The monoisotopic (exact) mass is 556 g/mol. The van der Waals surface area contributed by atoms with E-state index in [0.717, 1.165) is 24.2 Å². The maximum Gasteiger partial charge on any atom is 0.357 e. The Labute approximate surface area is 244 Å². The van der Waals surface area contributed by atoms with E-state index < -0.39 is 5.56 Å². The van der Waals surface area contributed by atoms with E-state index in [2.05, 4.69) is 39.8 Å². The third kappa shape index (κ3) is 7.90. The summed E-state index contributed by atoms with van der Waals surface area (Å²) >= 11 is 0. The fraction of sp³-hybridized carbons (Fsp3) is 0.429. The van der Waals surface area contributed by atoms with Crippen LogP contribution in [0.5, 0.6) is 5.75 Å². The number of rotatable bonds is 14. The van der Waals surface area contributed by atoms with Crippen LogP contribution in [0.3, 0.4) is 0 Å². The van der Waals surface area contributed by atoms with E-state index in [1.54, 1.807) is 36.4 Å². The molecule has 3 aromatic carbocycles. The van der Waals surface area contributed by atoms with Crippen molar-refractivity contribution in [3.63, 3.8) is 0 Å². The third-order valence-electron chi connectivity index (χ3n) is 7.48. The number of hydrogen-bond donors (Lipinski definition) is 0. The van der Waals surface area contributed by atoms with E-state index in [0.29, 0.717) is 27.9 Å². The first-order valence-corrected chi connectivity index (χ1v) is 15.0. The molecule has 6 heteroatoms. The topological polar surface area (TPSA) is 67.4 Å². The Kier molecular flexibility index (Phi) is 10.4. The van der Waals surface area contributed by atoms with Crippen LogP contribution in [0.2, 0.25) is 0 Å². The average molecular weight is 557 g/mol. The molecular formula is C35H44N2O4. The summed E-state index contributed by atoms with van der Waals surface area (Å²) in [4.78, 5) is 19.7. The molecule has 0 N–H and O–H groups in total. The molecule has 6 nitrogen and oxygen atoms in total. The lowest BCUT2D eigenvalue weighted by Crippen LogP contribution is -2.42. The fourth-order valence-electron chi connectivity index (χ4n) is 4.96. The zero-order valence-corrected chi connectivity index (χ0v) is 25.0. The van der Waals surface area contributed by atoms with E-state index in [9.17, 15) is 10.0 Å².